The Labute approximate surface area is 178 Å². The van der Waals surface area contributed by atoms with Crippen molar-refractivity contribution in [2.45, 2.75) is 37.3 Å². The molecule has 0 bridgehead atoms. The highest BCUT2D eigenvalue weighted by Crippen LogP contribution is 2.43. The Hall–Kier alpha value is -2.42. The zero-order valence-corrected chi connectivity index (χ0v) is 17.6. The summed E-state index contributed by atoms with van der Waals surface area (Å²) in [5.74, 6) is 0.235. The topological polar surface area (TPSA) is 74.2 Å². The number of aliphatic hydroxyl groups is 1. The molecule has 0 atom stereocenters. The Morgan fingerprint density at radius 1 is 1.17 bits per heavy atom. The van der Waals surface area contributed by atoms with E-state index >= 15 is 0 Å². The van der Waals surface area contributed by atoms with Crippen LogP contribution in [-0.4, -0.2) is 51.1 Å². The normalized spacial score (nSPS) is 19.0. The molecule has 1 saturated heterocycles. The van der Waals surface area contributed by atoms with Crippen molar-refractivity contribution in [1.29, 1.82) is 0 Å². The molecule has 1 aliphatic carbocycles. The van der Waals surface area contributed by atoms with Gasteiger partial charge in [0.2, 0.25) is 5.95 Å². The smallest absolute Gasteiger partial charge is 0.223 e. The lowest BCUT2D eigenvalue weighted by Crippen LogP contribution is -2.40. The van der Waals surface area contributed by atoms with Gasteiger partial charge in [0.05, 0.1) is 16.3 Å². The van der Waals surface area contributed by atoms with Gasteiger partial charge in [-0.05, 0) is 50.9 Å². The molecular weight excluding hydrogens is 401 g/mol. The zero-order chi connectivity index (χ0) is 20.7. The van der Waals surface area contributed by atoms with Gasteiger partial charge in [-0.1, -0.05) is 12.1 Å². The summed E-state index contributed by atoms with van der Waals surface area (Å²) >= 11 is 1.40. The van der Waals surface area contributed by atoms with Gasteiger partial charge < -0.3 is 15.3 Å². The first-order valence-electron chi connectivity index (χ1n) is 10.3. The van der Waals surface area contributed by atoms with Gasteiger partial charge in [-0.3, -0.25) is 0 Å². The Kier molecular flexibility index (Phi) is 5.00. The third-order valence-electron chi connectivity index (χ3n) is 5.77. The number of nitrogens with zero attached hydrogens (tertiary/aromatic N) is 4. The maximum Gasteiger partial charge on any atom is 0.223 e. The SMILES string of the molecule is CN1CCC(O)(c2nc(-c3ccccc3F)c(-c3ccnc(NC4CC4)n3)s2)CC1. The quantitative estimate of drug-likeness (QED) is 0.646. The number of thiazole rings is 1. The molecule has 2 aromatic heterocycles. The molecule has 0 amide bonds. The molecule has 30 heavy (non-hydrogen) atoms. The maximum absolute atomic E-state index is 14.7. The van der Waals surface area contributed by atoms with Crippen molar-refractivity contribution in [2.24, 2.45) is 0 Å². The van der Waals surface area contributed by atoms with E-state index in [1.807, 2.05) is 13.1 Å². The van der Waals surface area contributed by atoms with Crippen molar-refractivity contribution in [1.82, 2.24) is 19.9 Å². The fourth-order valence-electron chi connectivity index (χ4n) is 3.70. The third kappa shape index (κ3) is 3.82. The number of nitrogens with one attached hydrogen (secondary N) is 1. The molecule has 1 aliphatic heterocycles. The second-order valence-corrected chi connectivity index (χ2v) is 9.19. The van der Waals surface area contributed by atoms with Crippen molar-refractivity contribution in [3.63, 3.8) is 0 Å². The minimum Gasteiger partial charge on any atom is -0.383 e. The Balaban J connectivity index is 1.60. The number of hydrogen-bond acceptors (Lipinski definition) is 7. The second-order valence-electron chi connectivity index (χ2n) is 8.20. The molecule has 1 saturated carbocycles. The fourth-order valence-corrected chi connectivity index (χ4v) is 4.89. The van der Waals surface area contributed by atoms with E-state index in [0.717, 1.165) is 30.8 Å². The van der Waals surface area contributed by atoms with E-state index in [4.69, 9.17) is 4.98 Å². The van der Waals surface area contributed by atoms with Crippen LogP contribution in [0.1, 0.15) is 30.7 Å². The van der Waals surface area contributed by atoms with E-state index in [9.17, 15) is 9.50 Å². The summed E-state index contributed by atoms with van der Waals surface area (Å²) in [4.78, 5) is 16.7. The maximum atomic E-state index is 14.7. The monoisotopic (exact) mass is 425 g/mol. The van der Waals surface area contributed by atoms with Crippen molar-refractivity contribution in [3.05, 3.63) is 47.4 Å². The standard InChI is InChI=1S/C22H24FN5OS/c1-28-12-9-22(29,10-13-28)20-27-18(15-4-2-3-5-16(15)23)19(30-20)17-8-11-24-21(26-17)25-14-6-7-14/h2-5,8,11,14,29H,6-7,9-10,12-13H2,1H3,(H,24,25,26). The average molecular weight is 426 g/mol. The summed E-state index contributed by atoms with van der Waals surface area (Å²) in [5.41, 5.74) is 0.627. The highest BCUT2D eigenvalue weighted by Gasteiger charge is 2.37. The highest BCUT2D eigenvalue weighted by atomic mass is 32.1. The van der Waals surface area contributed by atoms with Crippen LogP contribution in [0, 0.1) is 5.82 Å². The van der Waals surface area contributed by atoms with E-state index in [-0.39, 0.29) is 5.82 Å². The van der Waals surface area contributed by atoms with Gasteiger partial charge >= 0.3 is 0 Å². The van der Waals surface area contributed by atoms with Crippen molar-refractivity contribution in [2.75, 3.05) is 25.5 Å². The second kappa shape index (κ2) is 7.68. The lowest BCUT2D eigenvalue weighted by molar-refractivity contribution is -0.0203. The van der Waals surface area contributed by atoms with Crippen LogP contribution >= 0.6 is 11.3 Å². The molecule has 5 rings (SSSR count). The Morgan fingerprint density at radius 3 is 2.67 bits per heavy atom. The molecular formula is C22H24FN5OS. The molecule has 0 radical (unpaired) electrons. The van der Waals surface area contributed by atoms with E-state index in [0.29, 0.717) is 46.8 Å². The molecule has 0 unspecified atom stereocenters. The minimum absolute atomic E-state index is 0.337. The van der Waals surface area contributed by atoms with Crippen molar-refractivity contribution < 1.29 is 9.50 Å². The van der Waals surface area contributed by atoms with Gasteiger partial charge in [-0.15, -0.1) is 11.3 Å². The molecule has 1 aromatic carbocycles. The van der Waals surface area contributed by atoms with Gasteiger partial charge in [0.1, 0.15) is 16.4 Å². The predicted molar refractivity (Wildman–Crippen MR) is 116 cm³/mol. The van der Waals surface area contributed by atoms with Gasteiger partial charge in [0.25, 0.3) is 0 Å². The minimum atomic E-state index is -1.00. The third-order valence-corrected chi connectivity index (χ3v) is 7.04. The van der Waals surface area contributed by atoms with E-state index < -0.39 is 5.60 Å². The molecule has 2 N–H and O–H groups in total. The van der Waals surface area contributed by atoms with E-state index in [2.05, 4.69) is 20.2 Å². The molecule has 3 aromatic rings. The van der Waals surface area contributed by atoms with Crippen LogP contribution in [0.4, 0.5) is 10.3 Å². The summed E-state index contributed by atoms with van der Waals surface area (Å²) in [6, 6.07) is 8.87. The molecule has 3 heterocycles. The van der Waals surface area contributed by atoms with Crippen molar-refractivity contribution >= 4 is 17.3 Å². The van der Waals surface area contributed by atoms with Gasteiger partial charge in [0.15, 0.2) is 0 Å². The predicted octanol–water partition coefficient (Wildman–Crippen LogP) is 3.89. The van der Waals surface area contributed by atoms with Crippen molar-refractivity contribution in [3.8, 4) is 21.8 Å². The number of rotatable bonds is 5. The van der Waals surface area contributed by atoms with Crippen LogP contribution in [0.5, 0.6) is 0 Å². The molecule has 0 spiro atoms. The van der Waals surface area contributed by atoms with Crippen LogP contribution in [0.15, 0.2) is 36.5 Å². The molecule has 156 valence electrons. The number of anilines is 1. The fraction of sp³-hybridized carbons (Fsp3) is 0.409. The first-order chi connectivity index (χ1) is 14.5. The summed E-state index contributed by atoms with van der Waals surface area (Å²) < 4.78 is 14.7. The lowest BCUT2D eigenvalue weighted by Gasteiger charge is -2.34. The number of benzene rings is 1. The highest BCUT2D eigenvalue weighted by molar-refractivity contribution is 7.15. The number of aromatic nitrogens is 3. The van der Waals surface area contributed by atoms with Crippen LogP contribution < -0.4 is 5.32 Å². The van der Waals surface area contributed by atoms with Crippen LogP contribution in [0.2, 0.25) is 0 Å². The van der Waals surface area contributed by atoms with Crippen LogP contribution in [-0.2, 0) is 5.60 Å². The lowest BCUT2D eigenvalue weighted by atomic mass is 9.92. The Morgan fingerprint density at radius 2 is 1.93 bits per heavy atom. The molecule has 2 aliphatic rings. The summed E-state index contributed by atoms with van der Waals surface area (Å²) in [5, 5.41) is 15.3. The number of halogens is 1. The zero-order valence-electron chi connectivity index (χ0n) is 16.8. The Bertz CT molecular complexity index is 1060. The van der Waals surface area contributed by atoms with E-state index in [1.54, 1.807) is 24.4 Å². The van der Waals surface area contributed by atoms with Gasteiger partial charge in [-0.25, -0.2) is 19.3 Å². The first kappa shape index (κ1) is 19.5. The van der Waals surface area contributed by atoms with Gasteiger partial charge in [-0.2, -0.15) is 0 Å². The largest absolute Gasteiger partial charge is 0.383 e. The summed E-state index contributed by atoms with van der Waals surface area (Å²) in [6.07, 6.45) is 5.17. The average Bonchev–Trinajstić information content (AvgIpc) is 3.44. The number of hydrogen-bond donors (Lipinski definition) is 2. The number of piperidine rings is 1. The summed E-state index contributed by atoms with van der Waals surface area (Å²) in [7, 11) is 2.05. The molecule has 8 heteroatoms. The molecule has 6 nitrogen and oxygen atoms in total. The summed E-state index contributed by atoms with van der Waals surface area (Å²) in [6.45, 7) is 1.59. The van der Waals surface area contributed by atoms with E-state index in [1.165, 1.54) is 17.4 Å². The van der Waals surface area contributed by atoms with Crippen LogP contribution in [0.3, 0.4) is 0 Å². The molecule has 2 fully saturated rings. The number of likely N-dealkylation sites (tertiary alicyclic amines) is 1. The van der Waals surface area contributed by atoms with Crippen LogP contribution in [0.25, 0.3) is 21.8 Å². The first-order valence-corrected chi connectivity index (χ1v) is 11.1. The van der Waals surface area contributed by atoms with Gasteiger partial charge in [0, 0.05) is 30.9 Å².